The number of carbonyl (C=O) groups is 2. The predicted octanol–water partition coefficient (Wildman–Crippen LogP) is 3.04. The molecule has 2 aromatic carbocycles. The van der Waals surface area contributed by atoms with Crippen molar-refractivity contribution in [3.8, 4) is 0 Å². The Kier molecular flexibility index (Phi) is 5.00. The van der Waals surface area contributed by atoms with Crippen molar-refractivity contribution >= 4 is 22.6 Å². The number of piperazine rings is 1. The molecule has 0 bridgehead atoms. The molecule has 1 saturated carbocycles. The minimum Gasteiger partial charge on any atom is -0.338 e. The van der Waals surface area contributed by atoms with Gasteiger partial charge in [-0.2, -0.15) is 0 Å². The summed E-state index contributed by atoms with van der Waals surface area (Å²) >= 11 is 0. The highest BCUT2D eigenvalue weighted by Gasteiger charge is 2.48. The number of nitrogens with zero attached hydrogens (tertiary/aromatic N) is 2. The molecule has 152 valence electrons. The molecule has 1 N–H and O–H groups in total. The van der Waals surface area contributed by atoms with Crippen LogP contribution >= 0.6 is 0 Å². The zero-order valence-corrected chi connectivity index (χ0v) is 16.8. The summed E-state index contributed by atoms with van der Waals surface area (Å²) in [4.78, 5) is 31.0. The van der Waals surface area contributed by atoms with Crippen LogP contribution in [-0.4, -0.2) is 59.9 Å². The number of fused-ring (bicyclic) bond motifs is 2. The van der Waals surface area contributed by atoms with Crippen molar-refractivity contribution in [2.24, 2.45) is 5.92 Å². The number of carbonyl (C=O) groups excluding carboxylic acids is 2. The third kappa shape index (κ3) is 3.42. The summed E-state index contributed by atoms with van der Waals surface area (Å²) in [5.74, 6) is 0.638. The number of amides is 2. The Balaban J connectivity index is 1.47. The summed E-state index contributed by atoms with van der Waals surface area (Å²) in [7, 11) is 0. The van der Waals surface area contributed by atoms with Gasteiger partial charge in [-0.25, -0.2) is 0 Å². The fourth-order valence-corrected chi connectivity index (χ4v) is 5.54. The molecule has 5 nitrogen and oxygen atoms in total. The van der Waals surface area contributed by atoms with Crippen molar-refractivity contribution in [2.75, 3.05) is 26.2 Å². The van der Waals surface area contributed by atoms with Crippen LogP contribution in [0.5, 0.6) is 0 Å². The van der Waals surface area contributed by atoms with Gasteiger partial charge in [-0.1, -0.05) is 43.2 Å². The standard InChI is InChI=1S/C24H29N3O2/c28-23(20-10-9-17-5-1-2-6-18(17)15-20)27-21-8-4-3-7-19(21)16-22(27)24(29)26-13-11-25-12-14-26/h1-2,5-6,9-10,15,19,21-22,25H,3-4,7-8,11-14,16H2. The van der Waals surface area contributed by atoms with Crippen molar-refractivity contribution in [3.05, 3.63) is 48.0 Å². The Hall–Kier alpha value is -2.40. The van der Waals surface area contributed by atoms with E-state index in [9.17, 15) is 9.59 Å². The van der Waals surface area contributed by atoms with Gasteiger partial charge in [0.2, 0.25) is 5.91 Å². The second kappa shape index (κ2) is 7.79. The van der Waals surface area contributed by atoms with Gasteiger partial charge in [-0.3, -0.25) is 9.59 Å². The highest BCUT2D eigenvalue weighted by Crippen LogP contribution is 2.41. The average Bonchev–Trinajstić information content (AvgIpc) is 3.18. The maximum absolute atomic E-state index is 13.7. The molecule has 3 aliphatic rings. The van der Waals surface area contributed by atoms with E-state index in [0.717, 1.165) is 62.6 Å². The van der Waals surface area contributed by atoms with E-state index in [4.69, 9.17) is 0 Å². The van der Waals surface area contributed by atoms with Gasteiger partial charge in [0.1, 0.15) is 6.04 Å². The van der Waals surface area contributed by atoms with Crippen molar-refractivity contribution in [1.82, 2.24) is 15.1 Å². The topological polar surface area (TPSA) is 52.7 Å². The van der Waals surface area contributed by atoms with Gasteiger partial charge in [-0.05, 0) is 48.1 Å². The predicted molar refractivity (Wildman–Crippen MR) is 114 cm³/mol. The largest absolute Gasteiger partial charge is 0.338 e. The molecule has 3 fully saturated rings. The number of hydrogen-bond donors (Lipinski definition) is 1. The van der Waals surface area contributed by atoms with Crippen molar-refractivity contribution in [3.63, 3.8) is 0 Å². The summed E-state index contributed by atoms with van der Waals surface area (Å²) in [6.07, 6.45) is 5.35. The van der Waals surface area contributed by atoms with Crippen LogP contribution in [0.1, 0.15) is 42.5 Å². The Bertz CT molecular complexity index is 921. The summed E-state index contributed by atoms with van der Waals surface area (Å²) in [5, 5.41) is 5.52. The Morgan fingerprint density at radius 3 is 2.52 bits per heavy atom. The third-order valence-corrected chi connectivity index (χ3v) is 7.03. The summed E-state index contributed by atoms with van der Waals surface area (Å²) in [5.41, 5.74) is 0.702. The highest BCUT2D eigenvalue weighted by molar-refractivity contribution is 6.01. The minimum absolute atomic E-state index is 0.0265. The second-order valence-corrected chi connectivity index (χ2v) is 8.71. The average molecular weight is 392 g/mol. The number of nitrogens with one attached hydrogen (secondary N) is 1. The zero-order valence-electron chi connectivity index (χ0n) is 16.8. The third-order valence-electron chi connectivity index (χ3n) is 7.03. The van der Waals surface area contributed by atoms with Gasteiger partial charge < -0.3 is 15.1 Å². The van der Waals surface area contributed by atoms with E-state index < -0.39 is 0 Å². The van der Waals surface area contributed by atoms with Crippen molar-refractivity contribution < 1.29 is 9.59 Å². The molecule has 2 aliphatic heterocycles. The molecule has 2 saturated heterocycles. The molecular formula is C24H29N3O2. The highest BCUT2D eigenvalue weighted by atomic mass is 16.2. The first kappa shape index (κ1) is 18.6. The lowest BCUT2D eigenvalue weighted by molar-refractivity contribution is -0.136. The lowest BCUT2D eigenvalue weighted by Gasteiger charge is -2.36. The van der Waals surface area contributed by atoms with Gasteiger partial charge in [0, 0.05) is 37.8 Å². The maximum atomic E-state index is 13.7. The molecule has 2 aromatic rings. The second-order valence-electron chi connectivity index (χ2n) is 8.71. The Labute approximate surface area is 172 Å². The molecule has 3 atom stereocenters. The molecule has 0 radical (unpaired) electrons. The first-order valence-corrected chi connectivity index (χ1v) is 11.0. The quantitative estimate of drug-likeness (QED) is 0.856. The fraction of sp³-hybridized carbons (Fsp3) is 0.500. The van der Waals surface area contributed by atoms with Crippen molar-refractivity contribution in [2.45, 2.75) is 44.2 Å². The van der Waals surface area contributed by atoms with E-state index in [1.807, 2.05) is 46.2 Å². The van der Waals surface area contributed by atoms with Gasteiger partial charge >= 0.3 is 0 Å². The van der Waals surface area contributed by atoms with Crippen LogP contribution in [0.15, 0.2) is 42.5 Å². The fourth-order valence-electron chi connectivity index (χ4n) is 5.54. The van der Waals surface area contributed by atoms with Crippen LogP contribution in [0, 0.1) is 5.92 Å². The molecule has 2 amide bonds. The van der Waals surface area contributed by atoms with Crippen LogP contribution in [0.25, 0.3) is 10.8 Å². The number of rotatable bonds is 2. The van der Waals surface area contributed by atoms with E-state index in [1.54, 1.807) is 0 Å². The molecule has 29 heavy (non-hydrogen) atoms. The van der Waals surface area contributed by atoms with Crippen LogP contribution in [0.2, 0.25) is 0 Å². The van der Waals surface area contributed by atoms with Crippen LogP contribution in [0.3, 0.4) is 0 Å². The molecule has 3 unspecified atom stereocenters. The lowest BCUT2D eigenvalue weighted by Crippen LogP contribution is -2.54. The molecular weight excluding hydrogens is 362 g/mol. The normalized spacial score (nSPS) is 27.1. The summed E-state index contributed by atoms with van der Waals surface area (Å²) in [6.45, 7) is 3.15. The molecule has 5 rings (SSSR count). The maximum Gasteiger partial charge on any atom is 0.254 e. The van der Waals surface area contributed by atoms with Gasteiger partial charge in [0.15, 0.2) is 0 Å². The summed E-state index contributed by atoms with van der Waals surface area (Å²) < 4.78 is 0. The lowest BCUT2D eigenvalue weighted by atomic mass is 9.84. The molecule has 5 heteroatoms. The first-order chi connectivity index (χ1) is 14.2. The molecule has 2 heterocycles. The van der Waals surface area contributed by atoms with E-state index in [0.29, 0.717) is 11.5 Å². The van der Waals surface area contributed by atoms with Crippen molar-refractivity contribution in [1.29, 1.82) is 0 Å². The van der Waals surface area contributed by atoms with Gasteiger partial charge in [0.05, 0.1) is 0 Å². The monoisotopic (exact) mass is 391 g/mol. The van der Waals surface area contributed by atoms with E-state index in [1.165, 1.54) is 6.42 Å². The number of benzene rings is 2. The zero-order chi connectivity index (χ0) is 19.8. The van der Waals surface area contributed by atoms with Crippen LogP contribution in [-0.2, 0) is 4.79 Å². The number of hydrogen-bond acceptors (Lipinski definition) is 3. The summed E-state index contributed by atoms with van der Waals surface area (Å²) in [6, 6.07) is 14.0. The Morgan fingerprint density at radius 1 is 0.931 bits per heavy atom. The van der Waals surface area contributed by atoms with Crippen LogP contribution in [0.4, 0.5) is 0 Å². The first-order valence-electron chi connectivity index (χ1n) is 11.0. The molecule has 0 aromatic heterocycles. The Morgan fingerprint density at radius 2 is 1.69 bits per heavy atom. The SMILES string of the molecule is O=C(C1CC2CCCCC2N1C(=O)c1ccc2ccccc2c1)N1CCNCC1. The minimum atomic E-state index is -0.305. The number of likely N-dealkylation sites (tertiary alicyclic amines) is 1. The van der Waals surface area contributed by atoms with E-state index >= 15 is 0 Å². The van der Waals surface area contributed by atoms with Crippen LogP contribution < -0.4 is 5.32 Å². The van der Waals surface area contributed by atoms with Gasteiger partial charge in [0.25, 0.3) is 5.91 Å². The smallest absolute Gasteiger partial charge is 0.254 e. The van der Waals surface area contributed by atoms with E-state index in [2.05, 4.69) is 11.4 Å². The van der Waals surface area contributed by atoms with Gasteiger partial charge in [-0.15, -0.1) is 0 Å². The molecule has 0 spiro atoms. The molecule has 1 aliphatic carbocycles. The van der Waals surface area contributed by atoms with E-state index in [-0.39, 0.29) is 23.9 Å².